The van der Waals surface area contributed by atoms with E-state index in [2.05, 4.69) is 47.9 Å². The summed E-state index contributed by atoms with van der Waals surface area (Å²) in [6, 6.07) is 0. The van der Waals surface area contributed by atoms with Crippen LogP contribution in [0.1, 0.15) is 46.2 Å². The average molecular weight is 262 g/mol. The molecule has 1 fully saturated rings. The predicted molar refractivity (Wildman–Crippen MR) is 79.2 cm³/mol. The van der Waals surface area contributed by atoms with Crippen molar-refractivity contribution in [2.75, 3.05) is 18.0 Å². The molecule has 106 valence electrons. The number of rotatable bonds is 4. The quantitative estimate of drug-likeness (QED) is 0.905. The van der Waals surface area contributed by atoms with Crippen molar-refractivity contribution >= 4 is 5.82 Å². The van der Waals surface area contributed by atoms with Gasteiger partial charge in [-0.25, -0.2) is 4.98 Å². The number of hydrogen-bond acceptors (Lipinski definition) is 4. The van der Waals surface area contributed by atoms with Crippen molar-refractivity contribution < 1.29 is 0 Å². The largest absolute Gasteiger partial charge is 0.355 e. The van der Waals surface area contributed by atoms with Crippen molar-refractivity contribution in [3.05, 3.63) is 18.1 Å². The zero-order valence-electron chi connectivity index (χ0n) is 12.6. The Labute approximate surface area is 116 Å². The maximum atomic E-state index is 4.55. The van der Waals surface area contributed by atoms with Crippen LogP contribution in [0.25, 0.3) is 0 Å². The topological polar surface area (TPSA) is 41.1 Å². The van der Waals surface area contributed by atoms with Gasteiger partial charge in [0.2, 0.25) is 0 Å². The van der Waals surface area contributed by atoms with Crippen LogP contribution in [0.4, 0.5) is 5.82 Å². The molecule has 2 rings (SSSR count). The van der Waals surface area contributed by atoms with Crippen LogP contribution in [0.2, 0.25) is 0 Å². The molecule has 1 saturated heterocycles. The molecule has 0 aromatic carbocycles. The normalized spacial score (nSPS) is 20.0. The first-order valence-electron chi connectivity index (χ1n) is 7.29. The molecular weight excluding hydrogens is 236 g/mol. The van der Waals surface area contributed by atoms with Gasteiger partial charge in [0.15, 0.2) is 0 Å². The molecule has 1 aromatic heterocycles. The second-order valence-electron chi connectivity index (χ2n) is 6.48. The van der Waals surface area contributed by atoms with E-state index in [-0.39, 0.29) is 5.54 Å². The van der Waals surface area contributed by atoms with Gasteiger partial charge in [-0.15, -0.1) is 0 Å². The van der Waals surface area contributed by atoms with E-state index in [1.54, 1.807) is 0 Å². The smallest absolute Gasteiger partial charge is 0.147 e. The molecule has 4 nitrogen and oxygen atoms in total. The van der Waals surface area contributed by atoms with Gasteiger partial charge in [-0.05, 0) is 33.1 Å². The van der Waals surface area contributed by atoms with Gasteiger partial charge in [0.05, 0.1) is 18.1 Å². The molecule has 0 spiro atoms. The Morgan fingerprint density at radius 2 is 2.11 bits per heavy atom. The Hall–Kier alpha value is -1.16. The number of hydrogen-bond donors (Lipinski definition) is 1. The van der Waals surface area contributed by atoms with Crippen molar-refractivity contribution in [3.63, 3.8) is 0 Å². The Balaban J connectivity index is 1.92. The molecule has 0 aliphatic carbocycles. The highest BCUT2D eigenvalue weighted by Crippen LogP contribution is 2.23. The Morgan fingerprint density at radius 1 is 1.32 bits per heavy atom. The summed E-state index contributed by atoms with van der Waals surface area (Å²) in [5.41, 5.74) is 1.12. The van der Waals surface area contributed by atoms with Crippen molar-refractivity contribution in [2.24, 2.45) is 5.92 Å². The van der Waals surface area contributed by atoms with Crippen LogP contribution in [0.15, 0.2) is 12.4 Å². The molecule has 1 N–H and O–H groups in total. The van der Waals surface area contributed by atoms with Crippen molar-refractivity contribution in [1.82, 2.24) is 15.3 Å². The van der Waals surface area contributed by atoms with Crippen LogP contribution in [-0.4, -0.2) is 28.6 Å². The molecule has 0 bridgehead atoms. The third kappa shape index (κ3) is 4.16. The van der Waals surface area contributed by atoms with E-state index in [4.69, 9.17) is 0 Å². The van der Waals surface area contributed by atoms with Gasteiger partial charge >= 0.3 is 0 Å². The van der Waals surface area contributed by atoms with E-state index < -0.39 is 0 Å². The summed E-state index contributed by atoms with van der Waals surface area (Å²) in [5, 5.41) is 3.43. The molecule has 19 heavy (non-hydrogen) atoms. The number of anilines is 1. The Bertz CT molecular complexity index is 394. The Kier molecular flexibility index (Phi) is 4.40. The molecule has 0 radical (unpaired) electrons. The maximum absolute atomic E-state index is 4.55. The fourth-order valence-electron chi connectivity index (χ4n) is 2.33. The van der Waals surface area contributed by atoms with Crippen molar-refractivity contribution in [3.8, 4) is 0 Å². The van der Waals surface area contributed by atoms with Crippen LogP contribution in [0.5, 0.6) is 0 Å². The van der Waals surface area contributed by atoms with Crippen molar-refractivity contribution in [1.29, 1.82) is 0 Å². The fraction of sp³-hybridized carbons (Fsp3) is 0.733. The molecule has 4 heteroatoms. The summed E-state index contributed by atoms with van der Waals surface area (Å²) >= 11 is 0. The van der Waals surface area contributed by atoms with Gasteiger partial charge in [-0.1, -0.05) is 13.3 Å². The van der Waals surface area contributed by atoms with E-state index in [9.17, 15) is 0 Å². The monoisotopic (exact) mass is 262 g/mol. The van der Waals surface area contributed by atoms with Crippen LogP contribution in [0.3, 0.4) is 0 Å². The summed E-state index contributed by atoms with van der Waals surface area (Å²) < 4.78 is 0. The summed E-state index contributed by atoms with van der Waals surface area (Å²) in [7, 11) is 0. The lowest BCUT2D eigenvalue weighted by Crippen LogP contribution is -2.35. The van der Waals surface area contributed by atoms with Crippen LogP contribution >= 0.6 is 0 Å². The van der Waals surface area contributed by atoms with Gasteiger partial charge in [0.1, 0.15) is 5.82 Å². The number of nitrogens with zero attached hydrogens (tertiary/aromatic N) is 3. The first-order chi connectivity index (χ1) is 8.98. The van der Waals surface area contributed by atoms with Gasteiger partial charge in [-0.3, -0.25) is 4.98 Å². The lowest BCUT2D eigenvalue weighted by molar-refractivity contribution is 0.421. The summed E-state index contributed by atoms with van der Waals surface area (Å²) in [6.07, 6.45) is 6.36. The molecule has 1 aliphatic heterocycles. The maximum Gasteiger partial charge on any atom is 0.147 e. The standard InChI is InChI=1S/C15H26N4/c1-5-12-6-7-19(11-12)14-10-16-13(8-17-14)9-18-15(2,3)4/h8,10,12,18H,5-7,9,11H2,1-4H3. The minimum Gasteiger partial charge on any atom is -0.355 e. The first kappa shape index (κ1) is 14.3. The van der Waals surface area contributed by atoms with Crippen LogP contribution in [-0.2, 0) is 6.54 Å². The predicted octanol–water partition coefficient (Wildman–Crippen LogP) is 2.60. The highest BCUT2D eigenvalue weighted by molar-refractivity contribution is 5.37. The molecule has 1 unspecified atom stereocenters. The zero-order valence-corrected chi connectivity index (χ0v) is 12.6. The number of nitrogens with one attached hydrogen (secondary N) is 1. The van der Waals surface area contributed by atoms with Crippen molar-refractivity contribution in [2.45, 2.75) is 52.6 Å². The lowest BCUT2D eigenvalue weighted by Gasteiger charge is -2.20. The minimum atomic E-state index is 0.115. The van der Waals surface area contributed by atoms with E-state index in [1.165, 1.54) is 12.8 Å². The van der Waals surface area contributed by atoms with Crippen LogP contribution in [0, 0.1) is 5.92 Å². The van der Waals surface area contributed by atoms with E-state index in [0.717, 1.165) is 37.1 Å². The van der Waals surface area contributed by atoms with Gasteiger partial charge in [0.25, 0.3) is 0 Å². The van der Waals surface area contributed by atoms with E-state index >= 15 is 0 Å². The second kappa shape index (κ2) is 5.87. The molecule has 1 aliphatic rings. The van der Waals surface area contributed by atoms with E-state index in [1.807, 2.05) is 12.4 Å². The molecule has 2 heterocycles. The summed E-state index contributed by atoms with van der Waals surface area (Å²) in [4.78, 5) is 11.4. The first-order valence-corrected chi connectivity index (χ1v) is 7.29. The third-order valence-electron chi connectivity index (χ3n) is 3.68. The highest BCUT2D eigenvalue weighted by atomic mass is 15.2. The summed E-state index contributed by atoms with van der Waals surface area (Å²) in [6.45, 7) is 11.8. The molecular formula is C15H26N4. The SMILES string of the molecule is CCC1CCN(c2cnc(CNC(C)(C)C)cn2)C1. The van der Waals surface area contributed by atoms with Gasteiger partial charge in [-0.2, -0.15) is 0 Å². The van der Waals surface area contributed by atoms with E-state index in [0.29, 0.717) is 0 Å². The molecule has 1 aromatic rings. The Morgan fingerprint density at radius 3 is 2.63 bits per heavy atom. The second-order valence-corrected chi connectivity index (χ2v) is 6.48. The fourth-order valence-corrected chi connectivity index (χ4v) is 2.33. The average Bonchev–Trinajstić information content (AvgIpc) is 2.85. The number of aromatic nitrogens is 2. The minimum absolute atomic E-state index is 0.115. The molecule has 1 atom stereocenters. The highest BCUT2D eigenvalue weighted by Gasteiger charge is 2.22. The molecule has 0 amide bonds. The van der Waals surface area contributed by atoms with Gasteiger partial charge < -0.3 is 10.2 Å². The lowest BCUT2D eigenvalue weighted by atomic mass is 10.1. The van der Waals surface area contributed by atoms with Crippen LogP contribution < -0.4 is 10.2 Å². The third-order valence-corrected chi connectivity index (χ3v) is 3.68. The summed E-state index contributed by atoms with van der Waals surface area (Å²) in [5.74, 6) is 1.85. The van der Waals surface area contributed by atoms with Gasteiger partial charge in [0, 0.05) is 25.2 Å². The molecule has 0 saturated carbocycles. The zero-order chi connectivity index (χ0) is 13.9.